The third-order valence-electron chi connectivity index (χ3n) is 2.21. The molecule has 1 amide bonds. The summed E-state index contributed by atoms with van der Waals surface area (Å²) in [7, 11) is 0. The largest absolute Gasteiger partial charge is 0.392 e. The number of carbonyl (C=O) groups excluding carboxylic acids is 1. The molecule has 0 radical (unpaired) electrons. The van der Waals surface area contributed by atoms with E-state index < -0.39 is 12.2 Å². The number of rotatable bonds is 5. The average Bonchev–Trinajstić information content (AvgIpc) is 2.82. The van der Waals surface area contributed by atoms with E-state index in [0.717, 1.165) is 12.8 Å². The normalized spacial score (nSPS) is 20.3. The van der Waals surface area contributed by atoms with Gasteiger partial charge < -0.3 is 15.1 Å². The maximum atomic E-state index is 11.7. The van der Waals surface area contributed by atoms with Crippen molar-refractivity contribution in [3.05, 3.63) is 0 Å². The molecule has 4 heteroatoms. The monoisotopic (exact) mass is 201 g/mol. The zero-order chi connectivity index (χ0) is 10.7. The molecular formula is C10H19NO3. The van der Waals surface area contributed by atoms with Crippen molar-refractivity contribution in [1.82, 2.24) is 4.90 Å². The molecule has 2 unspecified atom stereocenters. The SMILES string of the molecule is CC(O)CN(CC(C)O)C(=O)C1CC1. The quantitative estimate of drug-likeness (QED) is 0.657. The molecule has 1 aliphatic carbocycles. The molecular weight excluding hydrogens is 182 g/mol. The second kappa shape index (κ2) is 4.75. The van der Waals surface area contributed by atoms with Gasteiger partial charge in [-0.3, -0.25) is 4.79 Å². The Bertz CT molecular complexity index is 190. The first-order valence-electron chi connectivity index (χ1n) is 5.15. The fourth-order valence-corrected chi connectivity index (χ4v) is 1.48. The Hall–Kier alpha value is -0.610. The van der Waals surface area contributed by atoms with E-state index in [9.17, 15) is 15.0 Å². The van der Waals surface area contributed by atoms with Gasteiger partial charge in [0.05, 0.1) is 12.2 Å². The number of amides is 1. The van der Waals surface area contributed by atoms with Crippen molar-refractivity contribution >= 4 is 5.91 Å². The minimum absolute atomic E-state index is 0.0757. The van der Waals surface area contributed by atoms with Crippen molar-refractivity contribution in [2.45, 2.75) is 38.9 Å². The second-order valence-corrected chi connectivity index (χ2v) is 4.22. The van der Waals surface area contributed by atoms with Crippen LogP contribution in [0.2, 0.25) is 0 Å². The highest BCUT2D eigenvalue weighted by Crippen LogP contribution is 2.31. The van der Waals surface area contributed by atoms with Crippen LogP contribution in [0.5, 0.6) is 0 Å². The molecule has 0 bridgehead atoms. The summed E-state index contributed by atoms with van der Waals surface area (Å²) in [5.74, 6) is 0.222. The van der Waals surface area contributed by atoms with Crippen LogP contribution in [-0.4, -0.2) is 46.3 Å². The summed E-state index contributed by atoms with van der Waals surface area (Å²) in [5, 5.41) is 18.4. The summed E-state index contributed by atoms with van der Waals surface area (Å²) in [4.78, 5) is 13.2. The summed E-state index contributed by atoms with van der Waals surface area (Å²) in [6.45, 7) is 3.94. The minimum atomic E-state index is -0.531. The number of hydrogen-bond donors (Lipinski definition) is 2. The van der Waals surface area contributed by atoms with Crippen molar-refractivity contribution in [2.24, 2.45) is 5.92 Å². The van der Waals surface area contributed by atoms with Gasteiger partial charge in [-0.05, 0) is 26.7 Å². The van der Waals surface area contributed by atoms with Crippen molar-refractivity contribution < 1.29 is 15.0 Å². The molecule has 0 aromatic rings. The van der Waals surface area contributed by atoms with Crippen LogP contribution in [0.25, 0.3) is 0 Å². The lowest BCUT2D eigenvalue weighted by atomic mass is 10.2. The highest BCUT2D eigenvalue weighted by atomic mass is 16.3. The fraction of sp³-hybridized carbons (Fsp3) is 0.900. The Morgan fingerprint density at radius 2 is 1.71 bits per heavy atom. The van der Waals surface area contributed by atoms with Gasteiger partial charge in [-0.1, -0.05) is 0 Å². The summed E-state index contributed by atoms with van der Waals surface area (Å²) in [5.41, 5.74) is 0. The van der Waals surface area contributed by atoms with Crippen molar-refractivity contribution in [3.63, 3.8) is 0 Å². The third-order valence-corrected chi connectivity index (χ3v) is 2.21. The molecule has 4 nitrogen and oxygen atoms in total. The Balaban J connectivity index is 2.46. The number of aliphatic hydroxyl groups is 2. The van der Waals surface area contributed by atoms with Crippen LogP contribution in [0.4, 0.5) is 0 Å². The van der Waals surface area contributed by atoms with Crippen LogP contribution >= 0.6 is 0 Å². The zero-order valence-electron chi connectivity index (χ0n) is 8.81. The lowest BCUT2D eigenvalue weighted by molar-refractivity contribution is -0.135. The molecule has 0 spiro atoms. The maximum Gasteiger partial charge on any atom is 0.225 e. The summed E-state index contributed by atoms with van der Waals surface area (Å²) >= 11 is 0. The Kier molecular flexibility index (Phi) is 3.89. The summed E-state index contributed by atoms with van der Waals surface area (Å²) in [6.07, 6.45) is 0.845. The predicted octanol–water partition coefficient (Wildman–Crippen LogP) is -0.0134. The van der Waals surface area contributed by atoms with Gasteiger partial charge in [0.15, 0.2) is 0 Å². The van der Waals surface area contributed by atoms with Gasteiger partial charge in [0, 0.05) is 19.0 Å². The van der Waals surface area contributed by atoms with Gasteiger partial charge >= 0.3 is 0 Å². The lowest BCUT2D eigenvalue weighted by Crippen LogP contribution is -2.41. The maximum absolute atomic E-state index is 11.7. The molecule has 0 saturated heterocycles. The Morgan fingerprint density at radius 1 is 1.29 bits per heavy atom. The Morgan fingerprint density at radius 3 is 2.00 bits per heavy atom. The van der Waals surface area contributed by atoms with E-state index in [0.29, 0.717) is 13.1 Å². The van der Waals surface area contributed by atoms with E-state index in [1.54, 1.807) is 18.7 Å². The molecule has 1 aliphatic rings. The lowest BCUT2D eigenvalue weighted by Gasteiger charge is -2.25. The third kappa shape index (κ3) is 3.64. The van der Waals surface area contributed by atoms with Gasteiger partial charge in [-0.2, -0.15) is 0 Å². The van der Waals surface area contributed by atoms with Crippen LogP contribution in [0.15, 0.2) is 0 Å². The van der Waals surface area contributed by atoms with Crippen molar-refractivity contribution in [3.8, 4) is 0 Å². The molecule has 82 valence electrons. The standard InChI is InChI=1S/C10H19NO3/c1-7(12)5-11(6-8(2)13)10(14)9-3-4-9/h7-9,12-13H,3-6H2,1-2H3. The van der Waals surface area contributed by atoms with Gasteiger partial charge in [0.2, 0.25) is 5.91 Å². The molecule has 14 heavy (non-hydrogen) atoms. The van der Waals surface area contributed by atoms with Crippen molar-refractivity contribution in [2.75, 3.05) is 13.1 Å². The van der Waals surface area contributed by atoms with Crippen LogP contribution in [0.1, 0.15) is 26.7 Å². The topological polar surface area (TPSA) is 60.8 Å². The molecule has 0 heterocycles. The second-order valence-electron chi connectivity index (χ2n) is 4.22. The first-order valence-corrected chi connectivity index (χ1v) is 5.15. The molecule has 1 rings (SSSR count). The fourth-order valence-electron chi connectivity index (χ4n) is 1.48. The highest BCUT2D eigenvalue weighted by molar-refractivity contribution is 5.81. The molecule has 1 fully saturated rings. The molecule has 0 aliphatic heterocycles. The number of hydrogen-bond acceptors (Lipinski definition) is 3. The molecule has 2 atom stereocenters. The van der Waals surface area contributed by atoms with E-state index in [2.05, 4.69) is 0 Å². The van der Waals surface area contributed by atoms with Gasteiger partial charge in [0.25, 0.3) is 0 Å². The van der Waals surface area contributed by atoms with Crippen LogP contribution < -0.4 is 0 Å². The van der Waals surface area contributed by atoms with Crippen LogP contribution in [0, 0.1) is 5.92 Å². The van der Waals surface area contributed by atoms with E-state index in [4.69, 9.17) is 0 Å². The van der Waals surface area contributed by atoms with Gasteiger partial charge in [-0.15, -0.1) is 0 Å². The average molecular weight is 201 g/mol. The van der Waals surface area contributed by atoms with E-state index >= 15 is 0 Å². The van der Waals surface area contributed by atoms with E-state index in [1.807, 2.05) is 0 Å². The first kappa shape index (κ1) is 11.5. The number of aliphatic hydroxyl groups excluding tert-OH is 2. The van der Waals surface area contributed by atoms with E-state index in [-0.39, 0.29) is 11.8 Å². The number of carbonyl (C=O) groups is 1. The van der Waals surface area contributed by atoms with Gasteiger partial charge in [0.1, 0.15) is 0 Å². The zero-order valence-corrected chi connectivity index (χ0v) is 8.81. The van der Waals surface area contributed by atoms with Crippen LogP contribution in [-0.2, 0) is 4.79 Å². The molecule has 2 N–H and O–H groups in total. The number of nitrogens with zero attached hydrogens (tertiary/aromatic N) is 1. The molecule has 0 aromatic heterocycles. The minimum Gasteiger partial charge on any atom is -0.392 e. The molecule has 0 aromatic carbocycles. The smallest absolute Gasteiger partial charge is 0.225 e. The van der Waals surface area contributed by atoms with Crippen LogP contribution in [0.3, 0.4) is 0 Å². The summed E-state index contributed by atoms with van der Waals surface area (Å²) in [6, 6.07) is 0. The molecule has 1 saturated carbocycles. The first-order chi connectivity index (χ1) is 6.50. The van der Waals surface area contributed by atoms with E-state index in [1.165, 1.54) is 0 Å². The highest BCUT2D eigenvalue weighted by Gasteiger charge is 2.33. The summed E-state index contributed by atoms with van der Waals surface area (Å²) < 4.78 is 0. The van der Waals surface area contributed by atoms with Gasteiger partial charge in [-0.25, -0.2) is 0 Å². The predicted molar refractivity (Wildman–Crippen MR) is 52.7 cm³/mol. The Labute approximate surface area is 84.5 Å². The van der Waals surface area contributed by atoms with Crippen molar-refractivity contribution in [1.29, 1.82) is 0 Å².